The Bertz CT molecular complexity index is 525. The number of halogens is 2. The molecule has 1 aromatic rings. The van der Waals surface area contributed by atoms with Crippen LogP contribution in [0.25, 0.3) is 0 Å². The third kappa shape index (κ3) is 5.60. The molecule has 1 rings (SSSR count). The number of hydrogen-bond acceptors (Lipinski definition) is 3. The van der Waals surface area contributed by atoms with Gasteiger partial charge < -0.3 is 4.74 Å². The Labute approximate surface area is 130 Å². The average Bonchev–Trinajstić information content (AvgIpc) is 2.38. The average molecular weight is 339 g/mol. The first-order valence-corrected chi connectivity index (χ1v) is 9.41. The van der Waals surface area contributed by atoms with Crippen molar-refractivity contribution in [2.45, 2.75) is 33.3 Å². The molecule has 0 N–H and O–H groups in total. The fourth-order valence-corrected chi connectivity index (χ4v) is 4.17. The van der Waals surface area contributed by atoms with E-state index in [1.165, 1.54) is 0 Å². The van der Waals surface area contributed by atoms with E-state index in [4.69, 9.17) is 27.0 Å². The van der Waals surface area contributed by atoms with E-state index in [9.17, 15) is 8.42 Å². The van der Waals surface area contributed by atoms with Gasteiger partial charge in [0.05, 0.1) is 19.0 Å². The van der Waals surface area contributed by atoms with Gasteiger partial charge in [0.15, 0.2) is 0 Å². The van der Waals surface area contributed by atoms with Gasteiger partial charge in [-0.15, -0.1) is 0 Å². The molecule has 0 fully saturated rings. The van der Waals surface area contributed by atoms with Crippen LogP contribution in [0.5, 0.6) is 0 Å². The maximum absolute atomic E-state index is 11.3. The van der Waals surface area contributed by atoms with Gasteiger partial charge in [-0.2, -0.15) is 0 Å². The van der Waals surface area contributed by atoms with E-state index in [0.717, 1.165) is 5.56 Å². The van der Waals surface area contributed by atoms with Crippen LogP contribution in [0.1, 0.15) is 32.3 Å². The molecule has 0 unspecified atom stereocenters. The third-order valence-corrected chi connectivity index (χ3v) is 5.26. The highest BCUT2D eigenvalue weighted by Crippen LogP contribution is 2.30. The summed E-state index contributed by atoms with van der Waals surface area (Å²) in [6.45, 7) is 4.61. The molecule has 0 radical (unpaired) electrons. The fourth-order valence-electron chi connectivity index (χ4n) is 2.06. The van der Waals surface area contributed by atoms with Gasteiger partial charge in [0.1, 0.15) is 0 Å². The van der Waals surface area contributed by atoms with Gasteiger partial charge in [-0.1, -0.05) is 43.6 Å². The van der Waals surface area contributed by atoms with Crippen LogP contribution in [-0.4, -0.2) is 20.8 Å². The lowest BCUT2D eigenvalue weighted by molar-refractivity contribution is 0.0400. The van der Waals surface area contributed by atoms with Crippen LogP contribution in [0, 0.1) is 5.41 Å². The maximum atomic E-state index is 11.3. The van der Waals surface area contributed by atoms with Crippen LogP contribution in [0.15, 0.2) is 24.3 Å². The number of ether oxygens (including phenoxy) is 1. The molecule has 1 aromatic carbocycles. The van der Waals surface area contributed by atoms with Crippen molar-refractivity contribution in [3.63, 3.8) is 0 Å². The molecule has 0 aliphatic rings. The lowest BCUT2D eigenvalue weighted by Gasteiger charge is -2.30. The highest BCUT2D eigenvalue weighted by atomic mass is 35.7. The number of hydrogen-bond donors (Lipinski definition) is 0. The molecule has 0 saturated heterocycles. The van der Waals surface area contributed by atoms with E-state index in [0.29, 0.717) is 31.1 Å². The molecule has 3 nitrogen and oxygen atoms in total. The lowest BCUT2D eigenvalue weighted by atomic mass is 9.85. The molecule has 0 amide bonds. The Morgan fingerprint density at radius 1 is 1.20 bits per heavy atom. The molecule has 0 heterocycles. The predicted molar refractivity (Wildman–Crippen MR) is 83.8 cm³/mol. The van der Waals surface area contributed by atoms with Gasteiger partial charge in [-0.05, 0) is 24.5 Å². The fraction of sp³-hybridized carbons (Fsp3) is 0.571. The van der Waals surface area contributed by atoms with Crippen molar-refractivity contribution in [1.29, 1.82) is 0 Å². The molecule has 0 aromatic heterocycles. The molecule has 114 valence electrons. The molecule has 0 saturated carbocycles. The van der Waals surface area contributed by atoms with E-state index in [2.05, 4.69) is 0 Å². The quantitative estimate of drug-likeness (QED) is 0.666. The Balaban J connectivity index is 2.66. The standard InChI is InChI=1S/C14H20Cl2O3S/c1-3-14(4-2,11-20(16,17)18)10-19-9-12-7-5-6-8-13(12)15/h5-8H,3-4,9-11H2,1-2H3. The van der Waals surface area contributed by atoms with Gasteiger partial charge in [-0.3, -0.25) is 0 Å². The van der Waals surface area contributed by atoms with Crippen molar-refractivity contribution in [3.05, 3.63) is 34.9 Å². The predicted octanol–water partition coefficient (Wildman–Crippen LogP) is 4.23. The minimum absolute atomic E-state index is 0.0723. The zero-order valence-corrected chi connectivity index (χ0v) is 14.1. The van der Waals surface area contributed by atoms with Gasteiger partial charge in [0, 0.05) is 21.1 Å². The first kappa shape index (κ1) is 17.8. The third-order valence-electron chi connectivity index (χ3n) is 3.60. The van der Waals surface area contributed by atoms with Gasteiger partial charge in [-0.25, -0.2) is 8.42 Å². The molecule has 20 heavy (non-hydrogen) atoms. The summed E-state index contributed by atoms with van der Waals surface area (Å²) in [7, 11) is 1.85. The van der Waals surface area contributed by atoms with E-state index in [-0.39, 0.29) is 5.75 Å². The van der Waals surface area contributed by atoms with Crippen LogP contribution >= 0.6 is 22.3 Å². The second-order valence-corrected chi connectivity index (χ2v) is 8.16. The highest BCUT2D eigenvalue weighted by Gasteiger charge is 2.32. The molecule has 0 atom stereocenters. The van der Waals surface area contributed by atoms with Crippen molar-refractivity contribution in [1.82, 2.24) is 0 Å². The van der Waals surface area contributed by atoms with Crippen molar-refractivity contribution >= 4 is 31.3 Å². The summed E-state index contributed by atoms with van der Waals surface area (Å²) in [5.41, 5.74) is 0.450. The maximum Gasteiger partial charge on any atom is 0.233 e. The van der Waals surface area contributed by atoms with Crippen molar-refractivity contribution in [3.8, 4) is 0 Å². The molecule has 0 aliphatic carbocycles. The van der Waals surface area contributed by atoms with E-state index in [1.54, 1.807) is 6.07 Å². The topological polar surface area (TPSA) is 43.4 Å². The molecule has 0 aliphatic heterocycles. The highest BCUT2D eigenvalue weighted by molar-refractivity contribution is 8.13. The second kappa shape index (κ2) is 7.64. The van der Waals surface area contributed by atoms with E-state index in [1.807, 2.05) is 32.0 Å². The largest absolute Gasteiger partial charge is 0.376 e. The monoisotopic (exact) mass is 338 g/mol. The van der Waals surface area contributed by atoms with Crippen LogP contribution in [0.3, 0.4) is 0 Å². The van der Waals surface area contributed by atoms with Crippen LogP contribution in [-0.2, 0) is 20.4 Å². The van der Waals surface area contributed by atoms with Crippen LogP contribution in [0.4, 0.5) is 0 Å². The van der Waals surface area contributed by atoms with Crippen molar-refractivity contribution in [2.24, 2.45) is 5.41 Å². The Morgan fingerprint density at radius 3 is 2.30 bits per heavy atom. The molecule has 0 bridgehead atoms. The first-order chi connectivity index (χ1) is 9.32. The summed E-state index contributed by atoms with van der Waals surface area (Å²) in [4.78, 5) is 0. The van der Waals surface area contributed by atoms with Crippen LogP contribution < -0.4 is 0 Å². The van der Waals surface area contributed by atoms with Gasteiger partial charge in [0.2, 0.25) is 9.05 Å². The molecular formula is C14H20Cl2O3S. The minimum atomic E-state index is -3.54. The molecular weight excluding hydrogens is 319 g/mol. The second-order valence-electron chi connectivity index (χ2n) is 4.97. The Kier molecular flexibility index (Phi) is 6.79. The summed E-state index contributed by atoms with van der Waals surface area (Å²) < 4.78 is 28.4. The van der Waals surface area contributed by atoms with E-state index < -0.39 is 14.5 Å². The van der Waals surface area contributed by atoms with Gasteiger partial charge >= 0.3 is 0 Å². The van der Waals surface area contributed by atoms with E-state index >= 15 is 0 Å². The first-order valence-electron chi connectivity index (χ1n) is 6.55. The van der Waals surface area contributed by atoms with Gasteiger partial charge in [0.25, 0.3) is 0 Å². The smallest absolute Gasteiger partial charge is 0.233 e. The minimum Gasteiger partial charge on any atom is -0.376 e. The van der Waals surface area contributed by atoms with Crippen molar-refractivity contribution in [2.75, 3.05) is 12.4 Å². The summed E-state index contributed by atoms with van der Waals surface area (Å²) in [5.74, 6) is -0.0723. The SMILES string of the molecule is CCC(CC)(COCc1ccccc1Cl)CS(=O)(=O)Cl. The Hall–Kier alpha value is -0.290. The normalized spacial score (nSPS) is 12.6. The zero-order valence-electron chi connectivity index (χ0n) is 11.7. The lowest BCUT2D eigenvalue weighted by Crippen LogP contribution is -2.32. The molecule has 6 heteroatoms. The zero-order chi connectivity index (χ0) is 15.2. The molecule has 0 spiro atoms. The number of rotatable bonds is 8. The number of benzene rings is 1. The van der Waals surface area contributed by atoms with Crippen molar-refractivity contribution < 1.29 is 13.2 Å². The van der Waals surface area contributed by atoms with Crippen LogP contribution in [0.2, 0.25) is 5.02 Å². The summed E-state index contributed by atoms with van der Waals surface area (Å²) >= 11 is 6.05. The summed E-state index contributed by atoms with van der Waals surface area (Å²) in [6, 6.07) is 7.44. The Morgan fingerprint density at radius 2 is 1.80 bits per heavy atom. The summed E-state index contributed by atoms with van der Waals surface area (Å²) in [5, 5.41) is 0.649. The summed E-state index contributed by atoms with van der Waals surface area (Å²) in [6.07, 6.45) is 1.38.